The van der Waals surface area contributed by atoms with Crippen LogP contribution in [-0.2, 0) is 16.1 Å². The molecular weight excluding hydrogens is 362 g/mol. The number of rotatable bonds is 8. The molecule has 0 aliphatic rings. The van der Waals surface area contributed by atoms with Gasteiger partial charge < -0.3 is 10.2 Å². The van der Waals surface area contributed by atoms with Gasteiger partial charge in [-0.3, -0.25) is 14.5 Å². The molecule has 6 heteroatoms. The molecule has 2 aromatic rings. The molecule has 144 valence electrons. The molecular formula is C21H26ClN3O2. The second-order valence-electron chi connectivity index (χ2n) is 6.48. The maximum Gasteiger partial charge on any atom is 0.239 e. The molecule has 1 atom stereocenters. The number of hydrogen-bond donors (Lipinski definition) is 1. The number of nitrogens with one attached hydrogen (secondary N) is 1. The predicted octanol–water partition coefficient (Wildman–Crippen LogP) is 3.65. The number of nitrogens with zero attached hydrogens (tertiary/aromatic N) is 2. The van der Waals surface area contributed by atoms with Gasteiger partial charge in [0.2, 0.25) is 11.8 Å². The highest BCUT2D eigenvalue weighted by Crippen LogP contribution is 2.14. The van der Waals surface area contributed by atoms with Gasteiger partial charge in [-0.1, -0.05) is 41.9 Å². The quantitative estimate of drug-likeness (QED) is 0.752. The van der Waals surface area contributed by atoms with E-state index in [-0.39, 0.29) is 18.4 Å². The molecule has 2 amide bonds. The van der Waals surface area contributed by atoms with E-state index in [1.54, 1.807) is 41.1 Å². The molecule has 0 aliphatic carbocycles. The Bertz CT molecular complexity index is 750. The van der Waals surface area contributed by atoms with Crippen LogP contribution in [0.2, 0.25) is 5.02 Å². The minimum absolute atomic E-state index is 0.00291. The van der Waals surface area contributed by atoms with Crippen molar-refractivity contribution in [3.8, 4) is 0 Å². The molecule has 2 rings (SSSR count). The van der Waals surface area contributed by atoms with Crippen molar-refractivity contribution in [2.24, 2.45) is 0 Å². The third kappa shape index (κ3) is 6.38. The van der Waals surface area contributed by atoms with Crippen LogP contribution in [0.25, 0.3) is 0 Å². The van der Waals surface area contributed by atoms with Crippen molar-refractivity contribution in [3.05, 3.63) is 65.2 Å². The third-order valence-electron chi connectivity index (χ3n) is 4.45. The summed E-state index contributed by atoms with van der Waals surface area (Å²) in [7, 11) is 1.78. The van der Waals surface area contributed by atoms with Crippen molar-refractivity contribution >= 4 is 29.1 Å². The number of carbonyl (C=O) groups excluding carboxylic acids is 2. The number of benzene rings is 2. The molecule has 0 heterocycles. The smallest absolute Gasteiger partial charge is 0.239 e. The average Bonchev–Trinajstić information content (AvgIpc) is 2.67. The van der Waals surface area contributed by atoms with Crippen LogP contribution < -0.4 is 5.32 Å². The Labute approximate surface area is 165 Å². The molecule has 0 radical (unpaired) electrons. The number of anilines is 1. The van der Waals surface area contributed by atoms with Crippen LogP contribution in [0.15, 0.2) is 54.6 Å². The number of likely N-dealkylation sites (N-methyl/N-ethyl adjacent to an activating group) is 2. The van der Waals surface area contributed by atoms with Gasteiger partial charge in [0, 0.05) is 23.8 Å². The van der Waals surface area contributed by atoms with E-state index in [9.17, 15) is 9.59 Å². The minimum Gasteiger partial charge on any atom is -0.337 e. The summed E-state index contributed by atoms with van der Waals surface area (Å²) in [5.74, 6) is -0.172. The first-order valence-electron chi connectivity index (χ1n) is 8.99. The fourth-order valence-electron chi connectivity index (χ4n) is 2.70. The Morgan fingerprint density at radius 2 is 1.70 bits per heavy atom. The van der Waals surface area contributed by atoms with Crippen molar-refractivity contribution in [1.29, 1.82) is 0 Å². The Morgan fingerprint density at radius 1 is 1.07 bits per heavy atom. The van der Waals surface area contributed by atoms with E-state index in [1.165, 1.54) is 0 Å². The summed E-state index contributed by atoms with van der Waals surface area (Å²) in [5.41, 5.74) is 1.76. The van der Waals surface area contributed by atoms with E-state index >= 15 is 0 Å². The van der Waals surface area contributed by atoms with Crippen LogP contribution >= 0.6 is 11.6 Å². The van der Waals surface area contributed by atoms with Gasteiger partial charge in [0.05, 0.1) is 12.6 Å². The Hall–Kier alpha value is -2.37. The number of amides is 2. The summed E-state index contributed by atoms with van der Waals surface area (Å²) < 4.78 is 0. The normalized spacial score (nSPS) is 11.9. The number of halogens is 1. The van der Waals surface area contributed by atoms with Crippen molar-refractivity contribution in [3.63, 3.8) is 0 Å². The summed E-state index contributed by atoms with van der Waals surface area (Å²) in [5, 5.41) is 3.43. The van der Waals surface area contributed by atoms with Crippen LogP contribution in [0.4, 0.5) is 5.69 Å². The van der Waals surface area contributed by atoms with E-state index in [2.05, 4.69) is 5.32 Å². The van der Waals surface area contributed by atoms with Gasteiger partial charge >= 0.3 is 0 Å². The van der Waals surface area contributed by atoms with Gasteiger partial charge in [-0.15, -0.1) is 0 Å². The standard InChI is InChI=1S/C21H26ClN3O2/c1-4-25(14-17-8-6-5-7-9-17)21(27)16(2)24(3)15-20(26)23-19-12-10-18(22)11-13-19/h5-13,16H,4,14-15H2,1-3H3,(H,23,26)/t16-/m1/s1. The summed E-state index contributed by atoms with van der Waals surface area (Å²) in [4.78, 5) is 28.6. The molecule has 0 bridgehead atoms. The average molecular weight is 388 g/mol. The lowest BCUT2D eigenvalue weighted by atomic mass is 10.2. The van der Waals surface area contributed by atoms with E-state index in [0.717, 1.165) is 5.56 Å². The second kappa shape index (κ2) is 10.1. The third-order valence-corrected chi connectivity index (χ3v) is 4.70. The highest BCUT2D eigenvalue weighted by Gasteiger charge is 2.24. The lowest BCUT2D eigenvalue weighted by Gasteiger charge is -2.29. The maximum atomic E-state index is 12.8. The molecule has 27 heavy (non-hydrogen) atoms. The molecule has 0 saturated carbocycles. The van der Waals surface area contributed by atoms with Crippen molar-refractivity contribution in [2.75, 3.05) is 25.5 Å². The Morgan fingerprint density at radius 3 is 2.30 bits per heavy atom. The van der Waals surface area contributed by atoms with Gasteiger partial charge in [0.1, 0.15) is 0 Å². The van der Waals surface area contributed by atoms with Gasteiger partial charge in [-0.05, 0) is 50.7 Å². The van der Waals surface area contributed by atoms with E-state index in [0.29, 0.717) is 23.8 Å². The molecule has 0 unspecified atom stereocenters. The second-order valence-corrected chi connectivity index (χ2v) is 6.92. The van der Waals surface area contributed by atoms with E-state index in [1.807, 2.05) is 44.2 Å². The molecule has 1 N–H and O–H groups in total. The predicted molar refractivity (Wildman–Crippen MR) is 110 cm³/mol. The molecule has 0 spiro atoms. The summed E-state index contributed by atoms with van der Waals surface area (Å²) in [6, 6.07) is 16.4. The zero-order valence-corrected chi connectivity index (χ0v) is 16.7. The number of carbonyl (C=O) groups is 2. The molecule has 2 aromatic carbocycles. The first-order valence-corrected chi connectivity index (χ1v) is 9.37. The summed E-state index contributed by atoms with van der Waals surface area (Å²) >= 11 is 5.85. The first kappa shape index (κ1) is 20.9. The first-order chi connectivity index (χ1) is 12.9. The molecule has 5 nitrogen and oxygen atoms in total. The lowest BCUT2D eigenvalue weighted by Crippen LogP contribution is -2.47. The lowest BCUT2D eigenvalue weighted by molar-refractivity contribution is -0.136. The highest BCUT2D eigenvalue weighted by atomic mass is 35.5. The summed E-state index contributed by atoms with van der Waals surface area (Å²) in [6.45, 7) is 5.08. The van der Waals surface area contributed by atoms with E-state index in [4.69, 9.17) is 11.6 Å². The molecule has 0 aromatic heterocycles. The fraction of sp³-hybridized carbons (Fsp3) is 0.333. The topological polar surface area (TPSA) is 52.7 Å². The van der Waals surface area contributed by atoms with Gasteiger partial charge in [-0.25, -0.2) is 0 Å². The van der Waals surface area contributed by atoms with Crippen molar-refractivity contribution in [2.45, 2.75) is 26.4 Å². The molecule has 0 fully saturated rings. The summed E-state index contributed by atoms with van der Waals surface area (Å²) in [6.07, 6.45) is 0. The Balaban J connectivity index is 1.91. The van der Waals surface area contributed by atoms with Crippen LogP contribution in [0, 0.1) is 0 Å². The maximum absolute atomic E-state index is 12.8. The van der Waals surface area contributed by atoms with Gasteiger partial charge in [0.25, 0.3) is 0 Å². The van der Waals surface area contributed by atoms with Crippen LogP contribution in [0.3, 0.4) is 0 Å². The highest BCUT2D eigenvalue weighted by molar-refractivity contribution is 6.30. The van der Waals surface area contributed by atoms with Crippen molar-refractivity contribution in [1.82, 2.24) is 9.80 Å². The van der Waals surface area contributed by atoms with E-state index < -0.39 is 6.04 Å². The SMILES string of the molecule is CCN(Cc1ccccc1)C(=O)[C@@H](C)N(C)CC(=O)Nc1ccc(Cl)cc1. The fourth-order valence-corrected chi connectivity index (χ4v) is 2.83. The van der Waals surface area contributed by atoms with Gasteiger partial charge in [-0.2, -0.15) is 0 Å². The molecule has 0 saturated heterocycles. The Kier molecular flexibility index (Phi) is 7.82. The van der Waals surface area contributed by atoms with Gasteiger partial charge in [0.15, 0.2) is 0 Å². The molecule has 0 aliphatic heterocycles. The van der Waals surface area contributed by atoms with Crippen LogP contribution in [0.1, 0.15) is 19.4 Å². The minimum atomic E-state index is -0.398. The monoisotopic (exact) mass is 387 g/mol. The van der Waals surface area contributed by atoms with Crippen LogP contribution in [-0.4, -0.2) is 47.8 Å². The zero-order chi connectivity index (χ0) is 19.8. The zero-order valence-electron chi connectivity index (χ0n) is 16.0. The largest absolute Gasteiger partial charge is 0.337 e. The number of hydrogen-bond acceptors (Lipinski definition) is 3. The van der Waals surface area contributed by atoms with Crippen LogP contribution in [0.5, 0.6) is 0 Å². The van der Waals surface area contributed by atoms with Crippen molar-refractivity contribution < 1.29 is 9.59 Å².